The van der Waals surface area contributed by atoms with E-state index in [-0.39, 0.29) is 5.91 Å². The van der Waals surface area contributed by atoms with Crippen molar-refractivity contribution in [2.24, 2.45) is 5.73 Å². The van der Waals surface area contributed by atoms with Gasteiger partial charge in [-0.2, -0.15) is 0 Å². The maximum Gasteiger partial charge on any atom is 0.224 e. The molecule has 0 bridgehead atoms. The van der Waals surface area contributed by atoms with Gasteiger partial charge in [0.15, 0.2) is 0 Å². The van der Waals surface area contributed by atoms with Gasteiger partial charge in [-0.3, -0.25) is 4.79 Å². The van der Waals surface area contributed by atoms with Gasteiger partial charge in [0, 0.05) is 12.1 Å². The lowest BCUT2D eigenvalue weighted by molar-refractivity contribution is -0.116. The van der Waals surface area contributed by atoms with Gasteiger partial charge >= 0.3 is 0 Å². The number of carbonyl (C=O) groups is 1. The average Bonchev–Trinajstić information content (AvgIpc) is 2.41. The second-order valence-electron chi connectivity index (χ2n) is 4.95. The molecule has 3 heteroatoms. The Balaban J connectivity index is 2.24. The fourth-order valence-corrected chi connectivity index (χ4v) is 2.03. The minimum atomic E-state index is 0.114. The molecule has 0 aliphatic rings. The van der Waals surface area contributed by atoms with E-state index in [0.717, 1.165) is 24.9 Å². The number of nitrogens with two attached hydrogens (primary N) is 1. The molecule has 1 aromatic carbocycles. The standard InChI is InChI=1S/C16H26N2O/c1-2-3-4-5-6-7-16(19)18-15-10-8-14(9-11-15)12-13-17/h8-11H,2-7,12-13,17H2,1H3,(H,18,19). The SMILES string of the molecule is CCCCCCCC(=O)Nc1ccc(CCN)cc1. The molecule has 0 aromatic heterocycles. The molecule has 1 rings (SSSR count). The second-order valence-corrected chi connectivity index (χ2v) is 4.95. The van der Waals surface area contributed by atoms with Crippen LogP contribution in [-0.2, 0) is 11.2 Å². The Hall–Kier alpha value is -1.35. The van der Waals surface area contributed by atoms with Crippen molar-refractivity contribution in [2.75, 3.05) is 11.9 Å². The molecule has 1 amide bonds. The highest BCUT2D eigenvalue weighted by Crippen LogP contribution is 2.11. The van der Waals surface area contributed by atoms with Gasteiger partial charge < -0.3 is 11.1 Å². The van der Waals surface area contributed by atoms with Crippen LogP contribution in [0, 0.1) is 0 Å². The number of rotatable bonds is 9. The number of amides is 1. The monoisotopic (exact) mass is 262 g/mol. The first-order valence-electron chi connectivity index (χ1n) is 7.35. The zero-order chi connectivity index (χ0) is 13.9. The van der Waals surface area contributed by atoms with E-state index in [0.29, 0.717) is 13.0 Å². The van der Waals surface area contributed by atoms with Crippen molar-refractivity contribution in [1.82, 2.24) is 0 Å². The summed E-state index contributed by atoms with van der Waals surface area (Å²) in [6.07, 6.45) is 7.37. The zero-order valence-electron chi connectivity index (χ0n) is 12.0. The highest BCUT2D eigenvalue weighted by molar-refractivity contribution is 5.90. The topological polar surface area (TPSA) is 55.1 Å². The molecular weight excluding hydrogens is 236 g/mol. The largest absolute Gasteiger partial charge is 0.330 e. The molecule has 3 nitrogen and oxygen atoms in total. The van der Waals surface area contributed by atoms with Crippen LogP contribution in [0.5, 0.6) is 0 Å². The number of unbranched alkanes of at least 4 members (excludes halogenated alkanes) is 4. The summed E-state index contributed by atoms with van der Waals surface area (Å²) in [6.45, 7) is 2.85. The highest BCUT2D eigenvalue weighted by Gasteiger charge is 2.02. The van der Waals surface area contributed by atoms with Crippen LogP contribution in [-0.4, -0.2) is 12.5 Å². The predicted octanol–water partition coefficient (Wildman–Crippen LogP) is 3.49. The van der Waals surface area contributed by atoms with E-state index in [9.17, 15) is 4.79 Å². The molecule has 0 saturated heterocycles. The Bertz CT molecular complexity index is 360. The lowest BCUT2D eigenvalue weighted by Crippen LogP contribution is -2.11. The fourth-order valence-electron chi connectivity index (χ4n) is 2.03. The van der Waals surface area contributed by atoms with Gasteiger partial charge in [-0.15, -0.1) is 0 Å². The van der Waals surface area contributed by atoms with Crippen molar-refractivity contribution in [2.45, 2.75) is 51.9 Å². The molecule has 0 spiro atoms. The highest BCUT2D eigenvalue weighted by atomic mass is 16.1. The van der Waals surface area contributed by atoms with Gasteiger partial charge in [-0.05, 0) is 37.1 Å². The van der Waals surface area contributed by atoms with E-state index in [1.807, 2.05) is 24.3 Å². The van der Waals surface area contributed by atoms with Crippen LogP contribution >= 0.6 is 0 Å². The minimum Gasteiger partial charge on any atom is -0.330 e. The van der Waals surface area contributed by atoms with E-state index in [2.05, 4.69) is 12.2 Å². The van der Waals surface area contributed by atoms with E-state index in [1.54, 1.807) is 0 Å². The number of carbonyl (C=O) groups excluding carboxylic acids is 1. The smallest absolute Gasteiger partial charge is 0.224 e. The van der Waals surface area contributed by atoms with Crippen molar-refractivity contribution < 1.29 is 4.79 Å². The lowest BCUT2D eigenvalue weighted by Gasteiger charge is -2.06. The summed E-state index contributed by atoms with van der Waals surface area (Å²) in [5.74, 6) is 0.114. The summed E-state index contributed by atoms with van der Waals surface area (Å²) in [5.41, 5.74) is 7.58. The Labute approximate surface area is 116 Å². The normalized spacial score (nSPS) is 10.4. The number of hydrogen-bond acceptors (Lipinski definition) is 2. The van der Waals surface area contributed by atoms with Crippen molar-refractivity contribution in [3.8, 4) is 0 Å². The molecule has 0 saturated carbocycles. The average molecular weight is 262 g/mol. The van der Waals surface area contributed by atoms with Gasteiger partial charge in [0.1, 0.15) is 0 Å². The summed E-state index contributed by atoms with van der Waals surface area (Å²) in [6, 6.07) is 7.92. The third-order valence-electron chi connectivity index (χ3n) is 3.18. The first-order valence-corrected chi connectivity index (χ1v) is 7.35. The molecule has 106 valence electrons. The molecule has 0 atom stereocenters. The molecule has 0 heterocycles. The third kappa shape index (κ3) is 6.97. The Morgan fingerprint density at radius 2 is 1.79 bits per heavy atom. The maximum atomic E-state index is 11.7. The van der Waals surface area contributed by atoms with E-state index in [4.69, 9.17) is 5.73 Å². The predicted molar refractivity (Wildman–Crippen MR) is 81.2 cm³/mol. The van der Waals surface area contributed by atoms with Gasteiger partial charge in [0.25, 0.3) is 0 Å². The van der Waals surface area contributed by atoms with Crippen LogP contribution in [0.1, 0.15) is 51.0 Å². The van der Waals surface area contributed by atoms with Crippen LogP contribution < -0.4 is 11.1 Å². The van der Waals surface area contributed by atoms with Crippen LogP contribution in [0.3, 0.4) is 0 Å². The third-order valence-corrected chi connectivity index (χ3v) is 3.18. The second kappa shape index (κ2) is 9.56. The molecule has 19 heavy (non-hydrogen) atoms. The van der Waals surface area contributed by atoms with E-state index >= 15 is 0 Å². The molecule has 0 aliphatic carbocycles. The molecule has 0 aliphatic heterocycles. The summed E-state index contributed by atoms with van der Waals surface area (Å²) in [7, 11) is 0. The fraction of sp³-hybridized carbons (Fsp3) is 0.562. The summed E-state index contributed by atoms with van der Waals surface area (Å²) >= 11 is 0. The van der Waals surface area contributed by atoms with Crippen molar-refractivity contribution >= 4 is 11.6 Å². The molecule has 0 fully saturated rings. The summed E-state index contributed by atoms with van der Waals surface area (Å²) in [4.78, 5) is 11.7. The number of nitrogens with one attached hydrogen (secondary N) is 1. The van der Waals surface area contributed by atoms with Crippen LogP contribution in [0.2, 0.25) is 0 Å². The molecule has 0 unspecified atom stereocenters. The molecule has 3 N–H and O–H groups in total. The first kappa shape index (κ1) is 15.7. The van der Waals surface area contributed by atoms with Crippen LogP contribution in [0.4, 0.5) is 5.69 Å². The maximum absolute atomic E-state index is 11.7. The van der Waals surface area contributed by atoms with E-state index < -0.39 is 0 Å². The van der Waals surface area contributed by atoms with Gasteiger partial charge in [-0.1, -0.05) is 44.7 Å². The number of benzene rings is 1. The molecule has 0 radical (unpaired) electrons. The molecule has 1 aromatic rings. The lowest BCUT2D eigenvalue weighted by atomic mass is 10.1. The van der Waals surface area contributed by atoms with Crippen molar-refractivity contribution in [1.29, 1.82) is 0 Å². The zero-order valence-corrected chi connectivity index (χ0v) is 12.0. The molecular formula is C16H26N2O. The Morgan fingerprint density at radius 3 is 2.42 bits per heavy atom. The Kier molecular flexibility index (Phi) is 7.91. The van der Waals surface area contributed by atoms with Crippen LogP contribution in [0.25, 0.3) is 0 Å². The van der Waals surface area contributed by atoms with Gasteiger partial charge in [0.05, 0.1) is 0 Å². The Morgan fingerprint density at radius 1 is 1.11 bits per heavy atom. The first-order chi connectivity index (χ1) is 9.26. The van der Waals surface area contributed by atoms with Gasteiger partial charge in [-0.25, -0.2) is 0 Å². The minimum absolute atomic E-state index is 0.114. The van der Waals surface area contributed by atoms with Crippen molar-refractivity contribution in [3.05, 3.63) is 29.8 Å². The summed E-state index contributed by atoms with van der Waals surface area (Å²) < 4.78 is 0. The quantitative estimate of drug-likeness (QED) is 0.669. The van der Waals surface area contributed by atoms with E-state index in [1.165, 1.54) is 24.8 Å². The number of hydrogen-bond donors (Lipinski definition) is 2. The van der Waals surface area contributed by atoms with Crippen LogP contribution in [0.15, 0.2) is 24.3 Å². The van der Waals surface area contributed by atoms with Crippen molar-refractivity contribution in [3.63, 3.8) is 0 Å². The summed E-state index contributed by atoms with van der Waals surface area (Å²) in [5, 5.41) is 2.93. The van der Waals surface area contributed by atoms with Gasteiger partial charge in [0.2, 0.25) is 5.91 Å². The number of anilines is 1.